The molecule has 2 aromatic carbocycles. The van der Waals surface area contributed by atoms with Gasteiger partial charge in [0.15, 0.2) is 0 Å². The molecule has 0 aliphatic carbocycles. The third-order valence-corrected chi connectivity index (χ3v) is 6.09. The molecule has 2 fully saturated rings. The van der Waals surface area contributed by atoms with Crippen LogP contribution in [0, 0.1) is 0 Å². The molecule has 2 aliphatic heterocycles. The van der Waals surface area contributed by atoms with Gasteiger partial charge in [-0.05, 0) is 61.7 Å². The number of anilines is 2. The molecule has 156 valence electrons. The van der Waals surface area contributed by atoms with E-state index in [4.69, 9.17) is 0 Å². The van der Waals surface area contributed by atoms with E-state index in [1.54, 1.807) is 25.1 Å². The van der Waals surface area contributed by atoms with Crippen LogP contribution < -0.4 is 15.5 Å². The van der Waals surface area contributed by atoms with E-state index in [1.807, 2.05) is 30.3 Å². The van der Waals surface area contributed by atoms with Crippen LogP contribution in [0.2, 0.25) is 0 Å². The number of nitrogens with one attached hydrogen (secondary N) is 2. The van der Waals surface area contributed by atoms with Gasteiger partial charge in [-0.25, -0.2) is 4.79 Å². The summed E-state index contributed by atoms with van der Waals surface area (Å²) < 4.78 is 0.803. The first-order valence-corrected chi connectivity index (χ1v) is 10.7. The van der Waals surface area contributed by atoms with E-state index in [2.05, 4.69) is 31.5 Å². The second-order valence-electron chi connectivity index (χ2n) is 7.75. The molecule has 0 radical (unpaired) electrons. The fourth-order valence-electron chi connectivity index (χ4n) is 3.91. The van der Waals surface area contributed by atoms with Crippen molar-refractivity contribution in [1.29, 1.82) is 0 Å². The standard InChI is InChI=1S/C22H23BrN4O3/c1-22(15-5-4-6-16(23)13-15)20(29)27(21(30)25-22)14-19(28)24-17-7-9-18(10-8-17)26-11-2-3-12-26/h4-10,13H,2-3,11-12,14H2,1H3,(H,24,28)(H,25,30). The van der Waals surface area contributed by atoms with Crippen LogP contribution in [0.3, 0.4) is 0 Å². The SMILES string of the molecule is CC1(c2cccc(Br)c2)NC(=O)N(CC(=O)Nc2ccc(N3CCCC3)cc2)C1=O. The van der Waals surface area contributed by atoms with Crippen molar-refractivity contribution >= 4 is 45.2 Å². The van der Waals surface area contributed by atoms with Crippen molar-refractivity contribution in [2.24, 2.45) is 0 Å². The Balaban J connectivity index is 1.41. The van der Waals surface area contributed by atoms with Crippen LogP contribution in [0.25, 0.3) is 0 Å². The molecule has 4 rings (SSSR count). The normalized spacial score (nSPS) is 21.1. The van der Waals surface area contributed by atoms with E-state index in [-0.39, 0.29) is 6.54 Å². The second-order valence-corrected chi connectivity index (χ2v) is 8.66. The number of halogens is 1. The summed E-state index contributed by atoms with van der Waals surface area (Å²) in [7, 11) is 0. The van der Waals surface area contributed by atoms with Gasteiger partial charge in [-0.2, -0.15) is 0 Å². The van der Waals surface area contributed by atoms with Gasteiger partial charge in [0, 0.05) is 28.9 Å². The minimum atomic E-state index is -1.21. The maximum atomic E-state index is 13.0. The smallest absolute Gasteiger partial charge is 0.325 e. The highest BCUT2D eigenvalue weighted by Gasteiger charge is 2.49. The van der Waals surface area contributed by atoms with Crippen molar-refractivity contribution in [1.82, 2.24) is 10.2 Å². The van der Waals surface area contributed by atoms with Crippen LogP contribution in [0.5, 0.6) is 0 Å². The third-order valence-electron chi connectivity index (χ3n) is 5.60. The van der Waals surface area contributed by atoms with Gasteiger partial charge in [0.05, 0.1) is 0 Å². The molecule has 30 heavy (non-hydrogen) atoms. The molecule has 2 aromatic rings. The van der Waals surface area contributed by atoms with Gasteiger partial charge in [-0.15, -0.1) is 0 Å². The van der Waals surface area contributed by atoms with Crippen LogP contribution >= 0.6 is 15.9 Å². The minimum absolute atomic E-state index is 0.345. The summed E-state index contributed by atoms with van der Waals surface area (Å²) in [5, 5.41) is 5.48. The molecular formula is C22H23BrN4O3. The predicted molar refractivity (Wildman–Crippen MR) is 118 cm³/mol. The molecule has 4 amide bonds. The van der Waals surface area contributed by atoms with Crippen molar-refractivity contribution < 1.29 is 14.4 Å². The highest BCUT2D eigenvalue weighted by atomic mass is 79.9. The number of imide groups is 1. The van der Waals surface area contributed by atoms with E-state index < -0.39 is 23.4 Å². The summed E-state index contributed by atoms with van der Waals surface area (Å²) >= 11 is 3.38. The maximum absolute atomic E-state index is 13.0. The fourth-order valence-corrected chi connectivity index (χ4v) is 4.31. The van der Waals surface area contributed by atoms with E-state index in [0.29, 0.717) is 11.3 Å². The molecule has 1 atom stereocenters. The van der Waals surface area contributed by atoms with Gasteiger partial charge < -0.3 is 15.5 Å². The maximum Gasteiger partial charge on any atom is 0.325 e. The third kappa shape index (κ3) is 3.92. The van der Waals surface area contributed by atoms with Gasteiger partial charge in [0.25, 0.3) is 5.91 Å². The Hall–Kier alpha value is -2.87. The molecule has 2 N–H and O–H groups in total. The van der Waals surface area contributed by atoms with Gasteiger partial charge in [0.1, 0.15) is 12.1 Å². The molecule has 1 unspecified atom stereocenters. The number of amides is 4. The second kappa shape index (κ2) is 8.10. The van der Waals surface area contributed by atoms with Crippen LogP contribution in [-0.2, 0) is 15.1 Å². The Morgan fingerprint density at radius 3 is 2.50 bits per heavy atom. The molecule has 8 heteroatoms. The number of rotatable bonds is 5. The number of hydrogen-bond donors (Lipinski definition) is 2. The number of hydrogen-bond acceptors (Lipinski definition) is 4. The first-order valence-electron chi connectivity index (χ1n) is 9.92. The van der Waals surface area contributed by atoms with Crippen LogP contribution in [-0.4, -0.2) is 42.4 Å². The summed E-state index contributed by atoms with van der Waals surface area (Å²) in [4.78, 5) is 41.2. The zero-order valence-electron chi connectivity index (χ0n) is 16.7. The van der Waals surface area contributed by atoms with Crippen molar-refractivity contribution in [3.05, 3.63) is 58.6 Å². The molecule has 0 saturated carbocycles. The topological polar surface area (TPSA) is 81.8 Å². The van der Waals surface area contributed by atoms with Gasteiger partial charge in [0.2, 0.25) is 5.91 Å². The highest BCUT2D eigenvalue weighted by molar-refractivity contribution is 9.10. The molecular weight excluding hydrogens is 448 g/mol. The zero-order valence-corrected chi connectivity index (χ0v) is 18.2. The molecule has 2 aliphatic rings. The number of nitrogens with zero attached hydrogens (tertiary/aromatic N) is 2. The Morgan fingerprint density at radius 2 is 1.83 bits per heavy atom. The van der Waals surface area contributed by atoms with Crippen LogP contribution in [0.1, 0.15) is 25.3 Å². The van der Waals surface area contributed by atoms with Gasteiger partial charge in [-0.3, -0.25) is 14.5 Å². The molecule has 2 heterocycles. The van der Waals surface area contributed by atoms with Crippen molar-refractivity contribution in [3.8, 4) is 0 Å². The summed E-state index contributed by atoms with van der Waals surface area (Å²) in [5.74, 6) is -0.879. The lowest BCUT2D eigenvalue weighted by Gasteiger charge is -2.22. The Labute approximate surface area is 183 Å². The molecule has 0 aromatic heterocycles. The largest absolute Gasteiger partial charge is 0.372 e. The Bertz CT molecular complexity index is 988. The summed E-state index contributed by atoms with van der Waals surface area (Å²) in [6, 6.07) is 14.2. The summed E-state index contributed by atoms with van der Waals surface area (Å²) in [6.45, 7) is 3.40. The first kappa shape index (κ1) is 20.4. The highest BCUT2D eigenvalue weighted by Crippen LogP contribution is 2.30. The van der Waals surface area contributed by atoms with Gasteiger partial charge in [-0.1, -0.05) is 28.1 Å². The quantitative estimate of drug-likeness (QED) is 0.655. The van der Waals surface area contributed by atoms with E-state index in [9.17, 15) is 14.4 Å². The Morgan fingerprint density at radius 1 is 1.13 bits per heavy atom. The lowest BCUT2D eigenvalue weighted by Crippen LogP contribution is -2.42. The van der Waals surface area contributed by atoms with Gasteiger partial charge >= 0.3 is 6.03 Å². The molecule has 0 spiro atoms. The first-order chi connectivity index (χ1) is 14.4. The monoisotopic (exact) mass is 470 g/mol. The van der Waals surface area contributed by atoms with E-state index in [0.717, 1.165) is 28.1 Å². The lowest BCUT2D eigenvalue weighted by atomic mass is 9.92. The van der Waals surface area contributed by atoms with E-state index >= 15 is 0 Å². The number of carbonyl (C=O) groups excluding carboxylic acids is 3. The van der Waals surface area contributed by atoms with E-state index in [1.165, 1.54) is 12.8 Å². The average molecular weight is 471 g/mol. The van der Waals surface area contributed by atoms with Crippen LogP contribution in [0.4, 0.5) is 16.2 Å². The van der Waals surface area contributed by atoms with Crippen molar-refractivity contribution in [3.63, 3.8) is 0 Å². The van der Waals surface area contributed by atoms with Crippen LogP contribution in [0.15, 0.2) is 53.0 Å². The lowest BCUT2D eigenvalue weighted by molar-refractivity contribution is -0.133. The molecule has 2 saturated heterocycles. The summed E-state index contributed by atoms with van der Waals surface area (Å²) in [5.41, 5.74) is 1.20. The predicted octanol–water partition coefficient (Wildman–Crippen LogP) is 3.46. The minimum Gasteiger partial charge on any atom is -0.372 e. The number of carbonyl (C=O) groups is 3. The number of benzene rings is 2. The van der Waals surface area contributed by atoms with Crippen molar-refractivity contribution in [2.75, 3.05) is 29.9 Å². The zero-order chi connectivity index (χ0) is 21.3. The molecule has 0 bridgehead atoms. The fraction of sp³-hybridized carbons (Fsp3) is 0.318. The van der Waals surface area contributed by atoms with Crippen molar-refractivity contribution in [2.45, 2.75) is 25.3 Å². The number of urea groups is 1. The Kier molecular flexibility index (Phi) is 5.51. The molecule has 7 nitrogen and oxygen atoms in total. The average Bonchev–Trinajstić information content (AvgIpc) is 3.33. The summed E-state index contributed by atoms with van der Waals surface area (Å²) in [6.07, 6.45) is 2.40.